The van der Waals surface area contributed by atoms with E-state index in [9.17, 15) is 4.39 Å². The van der Waals surface area contributed by atoms with E-state index in [1.165, 1.54) is 0 Å². The Hall–Kier alpha value is -0.800. The first-order valence-corrected chi connectivity index (χ1v) is 4.33. The Labute approximate surface area is 81.3 Å². The van der Waals surface area contributed by atoms with Crippen molar-refractivity contribution < 1.29 is 9.50 Å². The molecule has 1 aromatic carbocycles. The molecule has 0 fully saturated rings. The second-order valence-electron chi connectivity index (χ2n) is 2.70. The zero-order valence-corrected chi connectivity index (χ0v) is 7.76. The highest BCUT2D eigenvalue weighted by Gasteiger charge is 2.01. The predicted molar refractivity (Wildman–Crippen MR) is 51.9 cm³/mol. The van der Waals surface area contributed by atoms with Crippen molar-refractivity contribution in [3.05, 3.63) is 29.3 Å². The van der Waals surface area contributed by atoms with Gasteiger partial charge in [0.05, 0.1) is 6.10 Å². The molecule has 1 atom stereocenters. The average molecular weight is 204 g/mol. The molecule has 0 aliphatic carbocycles. The largest absolute Gasteiger partial charge is 0.389 e. The van der Waals surface area contributed by atoms with E-state index in [2.05, 4.69) is 5.32 Å². The van der Waals surface area contributed by atoms with Gasteiger partial charge >= 0.3 is 0 Å². The molecule has 0 saturated heterocycles. The third kappa shape index (κ3) is 3.61. The Morgan fingerprint density at radius 1 is 1.38 bits per heavy atom. The molecule has 0 amide bonds. The SMILES string of the molecule is OC(CF)CNc1ccc(Cl)cc1. The van der Waals surface area contributed by atoms with Gasteiger partial charge in [0.1, 0.15) is 6.67 Å². The van der Waals surface area contributed by atoms with Crippen LogP contribution in [0, 0.1) is 0 Å². The number of rotatable bonds is 4. The number of aliphatic hydroxyl groups excluding tert-OH is 1. The molecular formula is C9H11ClFNO. The number of benzene rings is 1. The van der Waals surface area contributed by atoms with E-state index in [-0.39, 0.29) is 6.54 Å². The van der Waals surface area contributed by atoms with Gasteiger partial charge < -0.3 is 10.4 Å². The molecule has 0 aliphatic heterocycles. The quantitative estimate of drug-likeness (QED) is 0.786. The van der Waals surface area contributed by atoms with Crippen LogP contribution in [0.1, 0.15) is 0 Å². The fourth-order valence-corrected chi connectivity index (χ4v) is 0.984. The van der Waals surface area contributed by atoms with Gasteiger partial charge in [0.25, 0.3) is 0 Å². The highest BCUT2D eigenvalue weighted by Crippen LogP contribution is 2.13. The normalized spacial score (nSPS) is 12.5. The summed E-state index contributed by atoms with van der Waals surface area (Å²) in [5.41, 5.74) is 0.817. The highest BCUT2D eigenvalue weighted by molar-refractivity contribution is 6.30. The van der Waals surface area contributed by atoms with Crippen molar-refractivity contribution >= 4 is 17.3 Å². The summed E-state index contributed by atoms with van der Waals surface area (Å²) in [6.45, 7) is -0.529. The zero-order valence-electron chi connectivity index (χ0n) is 7.00. The van der Waals surface area contributed by atoms with Crippen molar-refractivity contribution in [3.63, 3.8) is 0 Å². The maximum absolute atomic E-state index is 11.8. The summed E-state index contributed by atoms with van der Waals surface area (Å²) < 4.78 is 11.8. The molecule has 1 rings (SSSR count). The van der Waals surface area contributed by atoms with Crippen LogP contribution < -0.4 is 5.32 Å². The predicted octanol–water partition coefficient (Wildman–Crippen LogP) is 2.08. The van der Waals surface area contributed by atoms with Crippen molar-refractivity contribution in [2.75, 3.05) is 18.5 Å². The number of halogens is 2. The maximum atomic E-state index is 11.8. The van der Waals surface area contributed by atoms with Gasteiger partial charge in [-0.25, -0.2) is 4.39 Å². The van der Waals surface area contributed by atoms with Gasteiger partial charge in [-0.05, 0) is 24.3 Å². The summed E-state index contributed by atoms with van der Waals surface area (Å²) >= 11 is 5.66. The van der Waals surface area contributed by atoms with Crippen LogP contribution in [0.3, 0.4) is 0 Å². The van der Waals surface area contributed by atoms with Crippen LogP contribution in [0.4, 0.5) is 10.1 Å². The lowest BCUT2D eigenvalue weighted by Gasteiger charge is -2.08. The monoisotopic (exact) mass is 203 g/mol. The minimum Gasteiger partial charge on any atom is -0.389 e. The Bertz CT molecular complexity index is 252. The summed E-state index contributed by atoms with van der Waals surface area (Å²) in [5, 5.41) is 12.4. The van der Waals surface area contributed by atoms with Crippen LogP contribution in [0.15, 0.2) is 24.3 Å². The molecular weight excluding hydrogens is 193 g/mol. The summed E-state index contributed by atoms with van der Waals surface area (Å²) in [7, 11) is 0. The highest BCUT2D eigenvalue weighted by atomic mass is 35.5. The molecule has 0 spiro atoms. The third-order valence-corrected chi connectivity index (χ3v) is 1.82. The van der Waals surface area contributed by atoms with Gasteiger partial charge in [-0.1, -0.05) is 11.6 Å². The number of anilines is 1. The van der Waals surface area contributed by atoms with E-state index in [1.807, 2.05) is 0 Å². The van der Waals surface area contributed by atoms with Crippen molar-refractivity contribution in [2.24, 2.45) is 0 Å². The van der Waals surface area contributed by atoms with Crippen molar-refractivity contribution in [1.82, 2.24) is 0 Å². The summed E-state index contributed by atoms with van der Waals surface area (Å²) in [5.74, 6) is 0. The molecule has 13 heavy (non-hydrogen) atoms. The van der Waals surface area contributed by atoms with Gasteiger partial charge in [-0.15, -0.1) is 0 Å². The molecule has 2 N–H and O–H groups in total. The minimum absolute atomic E-state index is 0.206. The fourth-order valence-electron chi connectivity index (χ4n) is 0.858. The number of alkyl halides is 1. The Morgan fingerprint density at radius 2 is 2.00 bits per heavy atom. The number of aliphatic hydroxyl groups is 1. The molecule has 0 heterocycles. The Morgan fingerprint density at radius 3 is 2.54 bits per heavy atom. The van der Waals surface area contributed by atoms with Crippen LogP contribution in [0.5, 0.6) is 0 Å². The lowest BCUT2D eigenvalue weighted by molar-refractivity contribution is 0.151. The zero-order chi connectivity index (χ0) is 9.68. The first-order valence-electron chi connectivity index (χ1n) is 3.96. The van der Waals surface area contributed by atoms with Crippen LogP contribution in [-0.4, -0.2) is 24.4 Å². The second-order valence-corrected chi connectivity index (χ2v) is 3.13. The van der Waals surface area contributed by atoms with E-state index in [1.54, 1.807) is 24.3 Å². The molecule has 0 aromatic heterocycles. The minimum atomic E-state index is -0.948. The van der Waals surface area contributed by atoms with Crippen LogP contribution in [0.2, 0.25) is 5.02 Å². The van der Waals surface area contributed by atoms with E-state index in [0.29, 0.717) is 5.02 Å². The Balaban J connectivity index is 2.41. The third-order valence-electron chi connectivity index (χ3n) is 1.56. The number of hydrogen-bond donors (Lipinski definition) is 2. The maximum Gasteiger partial charge on any atom is 0.117 e. The lowest BCUT2D eigenvalue weighted by Crippen LogP contribution is -2.21. The average Bonchev–Trinajstić information content (AvgIpc) is 2.16. The molecule has 0 saturated carbocycles. The van der Waals surface area contributed by atoms with Crippen molar-refractivity contribution in [1.29, 1.82) is 0 Å². The topological polar surface area (TPSA) is 32.3 Å². The molecule has 1 unspecified atom stereocenters. The van der Waals surface area contributed by atoms with E-state index in [0.717, 1.165) is 5.69 Å². The lowest BCUT2D eigenvalue weighted by atomic mass is 10.3. The van der Waals surface area contributed by atoms with Gasteiger partial charge in [-0.3, -0.25) is 0 Å². The van der Waals surface area contributed by atoms with E-state index >= 15 is 0 Å². The number of nitrogens with one attached hydrogen (secondary N) is 1. The van der Waals surface area contributed by atoms with Crippen LogP contribution >= 0.6 is 11.6 Å². The first-order chi connectivity index (χ1) is 6.22. The molecule has 4 heteroatoms. The molecule has 0 bridgehead atoms. The molecule has 0 radical (unpaired) electrons. The second kappa shape index (κ2) is 5.04. The molecule has 0 aliphatic rings. The van der Waals surface area contributed by atoms with Gasteiger partial charge in [0.15, 0.2) is 0 Å². The van der Waals surface area contributed by atoms with Gasteiger partial charge in [0.2, 0.25) is 0 Å². The van der Waals surface area contributed by atoms with Crippen molar-refractivity contribution in [3.8, 4) is 0 Å². The summed E-state index contributed by atoms with van der Waals surface area (Å²) in [6, 6.07) is 7.00. The number of hydrogen-bond acceptors (Lipinski definition) is 2. The van der Waals surface area contributed by atoms with Crippen molar-refractivity contribution in [2.45, 2.75) is 6.10 Å². The van der Waals surface area contributed by atoms with E-state index in [4.69, 9.17) is 16.7 Å². The summed E-state index contributed by atoms with van der Waals surface area (Å²) in [4.78, 5) is 0. The van der Waals surface area contributed by atoms with Gasteiger partial charge in [0, 0.05) is 17.3 Å². The fraction of sp³-hybridized carbons (Fsp3) is 0.333. The summed E-state index contributed by atoms with van der Waals surface area (Å²) in [6.07, 6.45) is -0.948. The van der Waals surface area contributed by atoms with E-state index < -0.39 is 12.8 Å². The van der Waals surface area contributed by atoms with Gasteiger partial charge in [-0.2, -0.15) is 0 Å². The van der Waals surface area contributed by atoms with Crippen LogP contribution in [-0.2, 0) is 0 Å². The first kappa shape index (κ1) is 10.3. The molecule has 72 valence electrons. The Kier molecular flexibility index (Phi) is 3.99. The molecule has 1 aromatic rings. The smallest absolute Gasteiger partial charge is 0.117 e. The molecule has 2 nitrogen and oxygen atoms in total. The van der Waals surface area contributed by atoms with Crippen LogP contribution in [0.25, 0.3) is 0 Å². The standard InChI is InChI=1S/C9H11ClFNO/c10-7-1-3-8(4-2-7)12-6-9(13)5-11/h1-4,9,12-13H,5-6H2.